The minimum absolute atomic E-state index is 0.271. The van der Waals surface area contributed by atoms with E-state index in [1.54, 1.807) is 29.0 Å². The first-order valence-electron chi connectivity index (χ1n) is 5.02. The van der Waals surface area contributed by atoms with Crippen molar-refractivity contribution >= 4 is 57.1 Å². The highest BCUT2D eigenvalue weighted by Gasteiger charge is 2.14. The van der Waals surface area contributed by atoms with Crippen LogP contribution in [-0.2, 0) is 9.59 Å². The number of carboxylic acid groups (broad SMARTS) is 1. The molecule has 2 aromatic rings. The summed E-state index contributed by atoms with van der Waals surface area (Å²) in [7, 11) is 0. The summed E-state index contributed by atoms with van der Waals surface area (Å²) >= 11 is 7.27. The van der Waals surface area contributed by atoms with Gasteiger partial charge in [0.25, 0.3) is 16.8 Å². The summed E-state index contributed by atoms with van der Waals surface area (Å²) in [5.41, 5.74) is 0. The molecule has 0 bridgehead atoms. The second kappa shape index (κ2) is 7.68. The minimum Gasteiger partial charge on any atom is -0.475 e. The standard InChI is InChI=1S/C6H3ClO2S.C6H4O3S/c7-6(9)5(8)4-2-1-3-10-4;7-5(6(8)9)4-2-1-3-10-4/h1-3H;1-3H,(H,8,9). The maximum atomic E-state index is 10.7. The molecule has 0 radical (unpaired) electrons. The average Bonchev–Trinajstić information content (AvgIpc) is 3.10. The fourth-order valence-electron chi connectivity index (χ4n) is 1.02. The molecule has 2 rings (SSSR count). The van der Waals surface area contributed by atoms with Crippen molar-refractivity contribution in [3.05, 3.63) is 44.8 Å². The van der Waals surface area contributed by atoms with Crippen LogP contribution in [0.25, 0.3) is 0 Å². The van der Waals surface area contributed by atoms with E-state index in [0.29, 0.717) is 4.88 Å². The molecule has 2 aromatic heterocycles. The molecule has 0 aliphatic carbocycles. The van der Waals surface area contributed by atoms with E-state index in [-0.39, 0.29) is 4.88 Å². The van der Waals surface area contributed by atoms with Crippen LogP contribution >= 0.6 is 34.3 Å². The van der Waals surface area contributed by atoms with Crippen molar-refractivity contribution in [1.29, 1.82) is 0 Å². The van der Waals surface area contributed by atoms with Gasteiger partial charge in [-0.25, -0.2) is 4.79 Å². The van der Waals surface area contributed by atoms with Crippen molar-refractivity contribution in [3.63, 3.8) is 0 Å². The quantitative estimate of drug-likeness (QED) is 0.529. The van der Waals surface area contributed by atoms with Crippen molar-refractivity contribution in [2.24, 2.45) is 0 Å². The Morgan fingerprint density at radius 1 is 0.900 bits per heavy atom. The van der Waals surface area contributed by atoms with Gasteiger partial charge in [0.15, 0.2) is 0 Å². The molecule has 0 atom stereocenters. The maximum Gasteiger partial charge on any atom is 0.378 e. The Morgan fingerprint density at radius 2 is 1.35 bits per heavy atom. The first-order chi connectivity index (χ1) is 9.43. The monoisotopic (exact) mass is 330 g/mol. The molecule has 2 heterocycles. The van der Waals surface area contributed by atoms with Gasteiger partial charge in [0.1, 0.15) is 0 Å². The number of thiophene rings is 2. The lowest BCUT2D eigenvalue weighted by Gasteiger charge is -1.85. The smallest absolute Gasteiger partial charge is 0.378 e. The molecule has 104 valence electrons. The summed E-state index contributed by atoms with van der Waals surface area (Å²) in [6.07, 6.45) is 0. The third kappa shape index (κ3) is 4.69. The Labute approximate surface area is 126 Å². The molecule has 0 amide bonds. The zero-order valence-corrected chi connectivity index (χ0v) is 12.1. The molecule has 0 unspecified atom stereocenters. The Kier molecular flexibility index (Phi) is 6.23. The van der Waals surface area contributed by atoms with Gasteiger partial charge in [0.05, 0.1) is 9.75 Å². The highest BCUT2D eigenvalue weighted by Crippen LogP contribution is 2.10. The zero-order valence-electron chi connectivity index (χ0n) is 9.74. The van der Waals surface area contributed by atoms with E-state index in [1.807, 2.05) is 0 Å². The summed E-state index contributed by atoms with van der Waals surface area (Å²) < 4.78 is 0. The number of hydrogen-bond donors (Lipinski definition) is 1. The van der Waals surface area contributed by atoms with Gasteiger partial charge in [0, 0.05) is 0 Å². The molecule has 0 saturated heterocycles. The van der Waals surface area contributed by atoms with Crippen LogP contribution in [0.4, 0.5) is 0 Å². The molecule has 0 fully saturated rings. The van der Waals surface area contributed by atoms with Crippen LogP contribution in [0.2, 0.25) is 0 Å². The second-order valence-corrected chi connectivity index (χ2v) is 5.43. The van der Waals surface area contributed by atoms with Gasteiger partial charge in [-0.2, -0.15) is 0 Å². The number of rotatable bonds is 4. The molecule has 8 heteroatoms. The lowest BCUT2D eigenvalue weighted by molar-refractivity contribution is -0.131. The summed E-state index contributed by atoms with van der Waals surface area (Å²) in [5, 5.41) is 10.7. The highest BCUT2D eigenvalue weighted by atomic mass is 35.5. The molecule has 0 aromatic carbocycles. The number of Topliss-reactive ketones (excluding diaryl/α,β-unsaturated/α-hetero) is 2. The van der Waals surface area contributed by atoms with E-state index in [9.17, 15) is 19.2 Å². The minimum atomic E-state index is -1.40. The summed E-state index contributed by atoms with van der Waals surface area (Å²) in [4.78, 5) is 42.3. The Balaban J connectivity index is 0.000000200. The molecular formula is C12H7ClO5S2. The third-order valence-corrected chi connectivity index (χ3v) is 3.77. The van der Waals surface area contributed by atoms with Crippen molar-refractivity contribution < 1.29 is 24.3 Å². The zero-order chi connectivity index (χ0) is 15.1. The maximum absolute atomic E-state index is 10.7. The topological polar surface area (TPSA) is 88.5 Å². The lowest BCUT2D eigenvalue weighted by atomic mass is 10.3. The van der Waals surface area contributed by atoms with Crippen LogP contribution < -0.4 is 0 Å². The van der Waals surface area contributed by atoms with E-state index in [1.165, 1.54) is 17.4 Å². The number of carbonyl (C=O) groups excluding carboxylic acids is 3. The number of carboxylic acids is 1. The van der Waals surface area contributed by atoms with E-state index in [4.69, 9.17) is 16.7 Å². The van der Waals surface area contributed by atoms with Gasteiger partial charge in [-0.3, -0.25) is 14.4 Å². The van der Waals surface area contributed by atoms with E-state index in [0.717, 1.165) is 11.3 Å². The molecule has 20 heavy (non-hydrogen) atoms. The SMILES string of the molecule is O=C(Cl)C(=O)c1cccs1.O=C(O)C(=O)c1cccs1. The molecule has 0 spiro atoms. The Morgan fingerprint density at radius 3 is 1.65 bits per heavy atom. The summed E-state index contributed by atoms with van der Waals surface area (Å²) in [5.74, 6) is -2.87. The van der Waals surface area contributed by atoms with Gasteiger partial charge in [-0.05, 0) is 34.5 Å². The molecular weight excluding hydrogens is 324 g/mol. The van der Waals surface area contributed by atoms with Crippen LogP contribution in [-0.4, -0.2) is 27.9 Å². The average molecular weight is 331 g/mol. The Hall–Kier alpha value is -1.83. The van der Waals surface area contributed by atoms with E-state index in [2.05, 4.69) is 0 Å². The predicted molar refractivity (Wildman–Crippen MR) is 75.8 cm³/mol. The first kappa shape index (κ1) is 16.2. The van der Waals surface area contributed by atoms with Crippen molar-refractivity contribution in [2.45, 2.75) is 0 Å². The van der Waals surface area contributed by atoms with Crippen molar-refractivity contribution in [2.75, 3.05) is 0 Å². The normalized spacial score (nSPS) is 9.25. The molecule has 1 N–H and O–H groups in total. The van der Waals surface area contributed by atoms with Gasteiger partial charge < -0.3 is 5.11 Å². The van der Waals surface area contributed by atoms with Crippen LogP contribution in [0.5, 0.6) is 0 Å². The van der Waals surface area contributed by atoms with Gasteiger partial charge in [-0.15, -0.1) is 22.7 Å². The highest BCUT2D eigenvalue weighted by molar-refractivity contribution is 7.14. The number of aliphatic carboxylic acids is 1. The number of hydrogen-bond acceptors (Lipinski definition) is 6. The van der Waals surface area contributed by atoms with Crippen molar-refractivity contribution in [1.82, 2.24) is 0 Å². The van der Waals surface area contributed by atoms with Gasteiger partial charge in [-0.1, -0.05) is 12.1 Å². The fourth-order valence-corrected chi connectivity index (χ4v) is 2.49. The van der Waals surface area contributed by atoms with Gasteiger partial charge >= 0.3 is 5.97 Å². The number of halogens is 1. The molecule has 0 saturated carbocycles. The number of ketones is 2. The van der Waals surface area contributed by atoms with Crippen LogP contribution in [0.1, 0.15) is 19.3 Å². The second-order valence-electron chi connectivity index (χ2n) is 3.19. The fraction of sp³-hybridized carbons (Fsp3) is 0. The molecule has 0 aliphatic rings. The molecule has 0 aliphatic heterocycles. The summed E-state index contributed by atoms with van der Waals surface area (Å²) in [6, 6.07) is 6.38. The Bertz CT molecular complexity index is 560. The summed E-state index contributed by atoms with van der Waals surface area (Å²) in [6.45, 7) is 0. The van der Waals surface area contributed by atoms with E-state index >= 15 is 0 Å². The molecule has 5 nitrogen and oxygen atoms in total. The first-order valence-corrected chi connectivity index (χ1v) is 7.16. The van der Waals surface area contributed by atoms with Gasteiger partial charge in [0.2, 0.25) is 0 Å². The van der Waals surface area contributed by atoms with Crippen LogP contribution in [0.15, 0.2) is 35.0 Å². The van der Waals surface area contributed by atoms with E-state index < -0.39 is 22.8 Å². The largest absolute Gasteiger partial charge is 0.475 e. The third-order valence-electron chi connectivity index (χ3n) is 1.86. The predicted octanol–water partition coefficient (Wildman–Crippen LogP) is 2.71. The number of carbonyl (C=O) groups is 4. The van der Waals surface area contributed by atoms with Crippen LogP contribution in [0.3, 0.4) is 0 Å². The van der Waals surface area contributed by atoms with Crippen LogP contribution in [0, 0.1) is 0 Å². The lowest BCUT2D eigenvalue weighted by Crippen LogP contribution is -2.10. The van der Waals surface area contributed by atoms with Crippen molar-refractivity contribution in [3.8, 4) is 0 Å².